The maximum absolute atomic E-state index is 13.2. The molecule has 0 unspecified atom stereocenters. The van der Waals surface area contributed by atoms with Gasteiger partial charge in [-0.1, -0.05) is 42.5 Å². The highest BCUT2D eigenvalue weighted by molar-refractivity contribution is 7.85. The van der Waals surface area contributed by atoms with Gasteiger partial charge in [0.05, 0.1) is 15.5 Å². The lowest BCUT2D eigenvalue weighted by atomic mass is 10.1. The predicted octanol–water partition coefficient (Wildman–Crippen LogP) is 3.68. The topological polar surface area (TPSA) is 130 Å². The number of aliphatic imine (C=N–C) groups is 1. The largest absolute Gasteiger partial charge is 0.294 e. The first kappa shape index (κ1) is 21.1. The van der Waals surface area contributed by atoms with Crippen LogP contribution in [0.25, 0.3) is 6.08 Å². The van der Waals surface area contributed by atoms with Gasteiger partial charge in [-0.3, -0.25) is 24.4 Å². The first-order valence-corrected chi connectivity index (χ1v) is 10.7. The van der Waals surface area contributed by atoms with E-state index in [1.807, 2.05) is 6.07 Å². The molecule has 0 saturated carbocycles. The van der Waals surface area contributed by atoms with Crippen LogP contribution in [0.4, 0.5) is 11.4 Å². The first-order chi connectivity index (χ1) is 15.2. The molecule has 10 heteroatoms. The van der Waals surface area contributed by atoms with E-state index in [1.54, 1.807) is 30.3 Å². The second-order valence-corrected chi connectivity index (χ2v) is 8.21. The third-order valence-corrected chi connectivity index (χ3v) is 5.54. The van der Waals surface area contributed by atoms with Crippen molar-refractivity contribution < 1.29 is 22.7 Å². The number of amidine groups is 1. The number of non-ortho nitro benzene ring substituents is 1. The van der Waals surface area contributed by atoms with Gasteiger partial charge in [0, 0.05) is 17.7 Å². The van der Waals surface area contributed by atoms with Crippen molar-refractivity contribution in [3.05, 3.63) is 106 Å². The monoisotopic (exact) mass is 449 g/mol. The van der Waals surface area contributed by atoms with E-state index in [0.717, 1.165) is 0 Å². The molecule has 0 bridgehead atoms. The third kappa shape index (κ3) is 4.17. The molecule has 1 aliphatic heterocycles. The Morgan fingerprint density at radius 2 is 1.66 bits per heavy atom. The number of nitrogens with zero attached hydrogens (tertiary/aromatic N) is 3. The minimum absolute atomic E-state index is 0.0585. The average molecular weight is 449 g/mol. The van der Waals surface area contributed by atoms with Crippen molar-refractivity contribution in [1.29, 1.82) is 0 Å². The van der Waals surface area contributed by atoms with Gasteiger partial charge in [-0.25, -0.2) is 4.99 Å². The molecule has 0 spiro atoms. The summed E-state index contributed by atoms with van der Waals surface area (Å²) in [6.07, 6.45) is 1.45. The van der Waals surface area contributed by atoms with Crippen molar-refractivity contribution in [1.82, 2.24) is 0 Å². The Balaban J connectivity index is 1.80. The fraction of sp³-hybridized carbons (Fsp3) is 0. The van der Waals surface area contributed by atoms with Gasteiger partial charge in [0.15, 0.2) is 0 Å². The smallest absolute Gasteiger partial charge is 0.282 e. The van der Waals surface area contributed by atoms with Gasteiger partial charge in [-0.15, -0.1) is 0 Å². The van der Waals surface area contributed by atoms with Gasteiger partial charge in [0.25, 0.3) is 21.7 Å². The van der Waals surface area contributed by atoms with Crippen LogP contribution in [0.15, 0.2) is 94.4 Å². The summed E-state index contributed by atoms with van der Waals surface area (Å²) in [6.45, 7) is 0. The van der Waals surface area contributed by atoms with E-state index in [-0.39, 0.29) is 16.3 Å². The number of hydrogen-bond donors (Lipinski definition) is 1. The molecule has 9 nitrogen and oxygen atoms in total. The number of carbonyl (C=O) groups is 1. The van der Waals surface area contributed by atoms with Crippen LogP contribution in [0, 0.1) is 10.1 Å². The molecule has 0 aliphatic carbocycles. The van der Waals surface area contributed by atoms with E-state index in [0.29, 0.717) is 22.6 Å². The molecule has 4 rings (SSSR count). The quantitative estimate of drug-likeness (QED) is 0.274. The summed E-state index contributed by atoms with van der Waals surface area (Å²) in [5.41, 5.74) is 1.36. The Morgan fingerprint density at radius 1 is 0.969 bits per heavy atom. The van der Waals surface area contributed by atoms with Crippen molar-refractivity contribution in [2.75, 3.05) is 4.90 Å². The lowest BCUT2D eigenvalue weighted by Crippen LogP contribution is -2.32. The lowest BCUT2D eigenvalue weighted by Gasteiger charge is -2.18. The summed E-state index contributed by atoms with van der Waals surface area (Å²) in [5.74, 6) is -0.179. The van der Waals surface area contributed by atoms with Gasteiger partial charge in [0.2, 0.25) is 0 Å². The van der Waals surface area contributed by atoms with Crippen LogP contribution < -0.4 is 4.90 Å². The zero-order chi connectivity index (χ0) is 22.9. The van der Waals surface area contributed by atoms with Gasteiger partial charge in [0.1, 0.15) is 11.5 Å². The Labute approximate surface area is 182 Å². The van der Waals surface area contributed by atoms with E-state index < -0.39 is 20.9 Å². The Kier molecular flexibility index (Phi) is 5.39. The maximum Gasteiger partial charge on any atom is 0.294 e. The number of nitro groups is 1. The molecule has 1 N–H and O–H groups in total. The van der Waals surface area contributed by atoms with E-state index in [4.69, 9.17) is 0 Å². The summed E-state index contributed by atoms with van der Waals surface area (Å²) in [5, 5.41) is 11.0. The highest BCUT2D eigenvalue weighted by Crippen LogP contribution is 2.29. The highest BCUT2D eigenvalue weighted by atomic mass is 32.2. The zero-order valence-corrected chi connectivity index (χ0v) is 17.1. The van der Waals surface area contributed by atoms with Gasteiger partial charge >= 0.3 is 0 Å². The van der Waals surface area contributed by atoms with E-state index in [1.165, 1.54) is 53.4 Å². The van der Waals surface area contributed by atoms with E-state index >= 15 is 0 Å². The molecule has 0 fully saturated rings. The molecule has 3 aromatic rings. The standard InChI is InChI=1S/C22H15N3O6S/c26-22-20(14-15-5-4-8-18(13-15)25(27)28)23-21(16-6-2-1-3-7-16)24(22)17-9-11-19(12-10-17)32(29,30)31/h1-14H,(H,29,30,31). The molecule has 1 amide bonds. The van der Waals surface area contributed by atoms with Crippen molar-refractivity contribution in [2.45, 2.75) is 4.90 Å². The van der Waals surface area contributed by atoms with Crippen LogP contribution in [0.3, 0.4) is 0 Å². The van der Waals surface area contributed by atoms with Crippen LogP contribution in [0.2, 0.25) is 0 Å². The summed E-state index contributed by atoms with van der Waals surface area (Å²) in [4.78, 5) is 29.2. The SMILES string of the molecule is O=C1C(=Cc2cccc([N+](=O)[O-])c2)N=C(c2ccccc2)N1c1ccc(S(=O)(=O)O)cc1. The van der Waals surface area contributed by atoms with Gasteiger partial charge < -0.3 is 0 Å². The molecule has 0 aromatic heterocycles. The second-order valence-electron chi connectivity index (χ2n) is 6.79. The fourth-order valence-electron chi connectivity index (χ4n) is 3.19. The van der Waals surface area contributed by atoms with Crippen molar-refractivity contribution in [3.8, 4) is 0 Å². The number of benzene rings is 3. The van der Waals surface area contributed by atoms with Crippen LogP contribution in [0.5, 0.6) is 0 Å². The van der Waals surface area contributed by atoms with Crippen LogP contribution >= 0.6 is 0 Å². The number of hydrogen-bond acceptors (Lipinski definition) is 6. The molecule has 32 heavy (non-hydrogen) atoms. The van der Waals surface area contributed by atoms with Crippen LogP contribution in [-0.2, 0) is 14.9 Å². The molecule has 160 valence electrons. The summed E-state index contributed by atoms with van der Waals surface area (Å²) < 4.78 is 31.9. The van der Waals surface area contributed by atoms with Crippen LogP contribution in [-0.4, -0.2) is 29.6 Å². The number of nitro benzene ring substituents is 1. The summed E-state index contributed by atoms with van der Waals surface area (Å²) in [6, 6.07) is 19.9. The van der Waals surface area contributed by atoms with Crippen molar-refractivity contribution in [2.24, 2.45) is 4.99 Å². The maximum atomic E-state index is 13.2. The number of rotatable bonds is 5. The minimum atomic E-state index is -4.39. The van der Waals surface area contributed by atoms with Crippen LogP contribution in [0.1, 0.15) is 11.1 Å². The normalized spacial score (nSPS) is 15.2. The molecule has 1 aliphatic rings. The van der Waals surface area contributed by atoms with Gasteiger partial charge in [-0.2, -0.15) is 8.42 Å². The molecule has 0 atom stereocenters. The Bertz CT molecular complexity index is 1380. The first-order valence-electron chi connectivity index (χ1n) is 9.26. The van der Waals surface area contributed by atoms with Crippen molar-refractivity contribution in [3.63, 3.8) is 0 Å². The van der Waals surface area contributed by atoms with E-state index in [9.17, 15) is 27.9 Å². The highest BCUT2D eigenvalue weighted by Gasteiger charge is 2.32. The number of anilines is 1. The number of amides is 1. The Morgan fingerprint density at radius 3 is 2.28 bits per heavy atom. The molecule has 1 heterocycles. The second kappa shape index (κ2) is 8.17. The predicted molar refractivity (Wildman–Crippen MR) is 118 cm³/mol. The average Bonchev–Trinajstić information content (AvgIpc) is 3.10. The molecule has 0 saturated heterocycles. The van der Waals surface area contributed by atoms with E-state index in [2.05, 4.69) is 4.99 Å². The summed E-state index contributed by atoms with van der Waals surface area (Å²) >= 11 is 0. The minimum Gasteiger partial charge on any atom is -0.282 e. The molecular formula is C22H15N3O6S. The Hall–Kier alpha value is -4.15. The zero-order valence-electron chi connectivity index (χ0n) is 16.3. The van der Waals surface area contributed by atoms with Gasteiger partial charge in [-0.05, 0) is 35.9 Å². The van der Waals surface area contributed by atoms with Crippen molar-refractivity contribution >= 4 is 39.3 Å². The third-order valence-electron chi connectivity index (χ3n) is 4.67. The molecule has 0 radical (unpaired) electrons. The molecular weight excluding hydrogens is 434 g/mol. The summed E-state index contributed by atoms with van der Waals surface area (Å²) in [7, 11) is -4.39. The molecule has 3 aromatic carbocycles. The number of carbonyl (C=O) groups excluding carboxylic acids is 1. The lowest BCUT2D eigenvalue weighted by molar-refractivity contribution is -0.384. The fourth-order valence-corrected chi connectivity index (χ4v) is 3.67.